The van der Waals surface area contributed by atoms with Crippen LogP contribution < -0.4 is 14.5 Å². The molecule has 7 heteroatoms. The van der Waals surface area contributed by atoms with Crippen LogP contribution in [0.2, 0.25) is 0 Å². The Hall–Kier alpha value is -2.80. The van der Waals surface area contributed by atoms with E-state index < -0.39 is 0 Å². The molecule has 0 radical (unpaired) electrons. The SMILES string of the molecule is COc1ccc(N2CCN(c3ccnc(C(=O)N4CCN(C)CC4)c3)CC2)cc1. The van der Waals surface area contributed by atoms with Crippen LogP contribution in [0.4, 0.5) is 11.4 Å². The van der Waals surface area contributed by atoms with Gasteiger partial charge in [-0.2, -0.15) is 0 Å². The van der Waals surface area contributed by atoms with Gasteiger partial charge >= 0.3 is 0 Å². The minimum atomic E-state index is 0.0387. The van der Waals surface area contributed by atoms with Crippen molar-refractivity contribution >= 4 is 17.3 Å². The monoisotopic (exact) mass is 395 g/mol. The average Bonchev–Trinajstić information content (AvgIpc) is 2.79. The lowest BCUT2D eigenvalue weighted by Crippen LogP contribution is -2.47. The zero-order chi connectivity index (χ0) is 20.2. The first-order chi connectivity index (χ1) is 14.1. The van der Waals surface area contributed by atoms with Gasteiger partial charge in [-0.15, -0.1) is 0 Å². The van der Waals surface area contributed by atoms with Gasteiger partial charge < -0.3 is 24.3 Å². The maximum absolute atomic E-state index is 12.8. The molecule has 0 bridgehead atoms. The molecule has 3 heterocycles. The van der Waals surface area contributed by atoms with Gasteiger partial charge in [-0.25, -0.2) is 0 Å². The van der Waals surface area contributed by atoms with Crippen LogP contribution in [0, 0.1) is 0 Å². The lowest BCUT2D eigenvalue weighted by molar-refractivity contribution is 0.0658. The highest BCUT2D eigenvalue weighted by molar-refractivity contribution is 5.93. The number of ether oxygens (including phenoxy) is 1. The number of carbonyl (C=O) groups excluding carboxylic acids is 1. The van der Waals surface area contributed by atoms with Gasteiger partial charge in [0.1, 0.15) is 11.4 Å². The molecule has 2 aromatic rings. The van der Waals surface area contributed by atoms with E-state index in [1.54, 1.807) is 13.3 Å². The van der Waals surface area contributed by atoms with Gasteiger partial charge in [0.15, 0.2) is 0 Å². The first-order valence-electron chi connectivity index (χ1n) is 10.2. The van der Waals surface area contributed by atoms with E-state index in [0.29, 0.717) is 5.69 Å². The van der Waals surface area contributed by atoms with Crippen molar-refractivity contribution in [2.24, 2.45) is 0 Å². The molecular formula is C22H29N5O2. The van der Waals surface area contributed by atoms with Crippen molar-refractivity contribution < 1.29 is 9.53 Å². The summed E-state index contributed by atoms with van der Waals surface area (Å²) in [5.41, 5.74) is 2.84. The Labute approximate surface area is 172 Å². The molecule has 0 saturated carbocycles. The number of amides is 1. The highest BCUT2D eigenvalue weighted by Crippen LogP contribution is 2.23. The first kappa shape index (κ1) is 19.5. The zero-order valence-corrected chi connectivity index (χ0v) is 17.3. The van der Waals surface area contributed by atoms with Crippen LogP contribution in [-0.2, 0) is 0 Å². The van der Waals surface area contributed by atoms with Crippen molar-refractivity contribution in [3.8, 4) is 5.75 Å². The number of rotatable bonds is 4. The van der Waals surface area contributed by atoms with Crippen LogP contribution in [0.3, 0.4) is 0 Å². The maximum atomic E-state index is 12.8. The number of aromatic nitrogens is 1. The Morgan fingerprint density at radius 1 is 0.862 bits per heavy atom. The highest BCUT2D eigenvalue weighted by atomic mass is 16.5. The fraction of sp³-hybridized carbons (Fsp3) is 0.455. The largest absolute Gasteiger partial charge is 0.497 e. The fourth-order valence-corrected chi connectivity index (χ4v) is 3.92. The standard InChI is InChI=1S/C22H29N5O2/c1-24-9-11-27(12-10-24)22(28)21-17-19(7-8-23-21)26-15-13-25(14-16-26)18-3-5-20(29-2)6-4-18/h3-8,17H,9-16H2,1-2H3. The number of hydrogen-bond donors (Lipinski definition) is 0. The lowest BCUT2D eigenvalue weighted by Gasteiger charge is -2.37. The van der Waals surface area contributed by atoms with Crippen LogP contribution in [-0.4, -0.2) is 87.2 Å². The summed E-state index contributed by atoms with van der Waals surface area (Å²) in [6.07, 6.45) is 1.76. The minimum Gasteiger partial charge on any atom is -0.497 e. The Balaban J connectivity index is 1.38. The number of likely N-dealkylation sites (N-methyl/N-ethyl adjacent to an activating group) is 1. The third-order valence-electron chi connectivity index (χ3n) is 5.84. The molecule has 4 rings (SSSR count). The van der Waals surface area contributed by atoms with Gasteiger partial charge in [-0.3, -0.25) is 9.78 Å². The second-order valence-electron chi connectivity index (χ2n) is 7.67. The van der Waals surface area contributed by atoms with Crippen molar-refractivity contribution in [2.75, 3.05) is 76.3 Å². The van der Waals surface area contributed by atoms with Crippen LogP contribution in [0.5, 0.6) is 5.75 Å². The molecule has 2 fully saturated rings. The summed E-state index contributed by atoms with van der Waals surface area (Å²) in [7, 11) is 3.78. The molecule has 1 amide bonds. The molecule has 154 valence electrons. The molecule has 7 nitrogen and oxygen atoms in total. The summed E-state index contributed by atoms with van der Waals surface area (Å²) in [6.45, 7) is 7.07. The van der Waals surface area contributed by atoms with E-state index >= 15 is 0 Å². The van der Waals surface area contributed by atoms with E-state index in [4.69, 9.17) is 4.74 Å². The molecule has 1 aromatic heterocycles. The first-order valence-corrected chi connectivity index (χ1v) is 10.2. The van der Waals surface area contributed by atoms with Crippen LogP contribution >= 0.6 is 0 Å². The van der Waals surface area contributed by atoms with E-state index in [1.165, 1.54) is 5.69 Å². The zero-order valence-electron chi connectivity index (χ0n) is 17.3. The second kappa shape index (κ2) is 8.69. The number of piperazine rings is 2. The number of pyridine rings is 1. The molecule has 0 spiro atoms. The number of methoxy groups -OCH3 is 1. The summed E-state index contributed by atoms with van der Waals surface area (Å²) in [6, 6.07) is 12.2. The Bertz CT molecular complexity index is 825. The van der Waals surface area contributed by atoms with Gasteiger partial charge in [-0.05, 0) is 43.4 Å². The predicted molar refractivity (Wildman–Crippen MR) is 115 cm³/mol. The van der Waals surface area contributed by atoms with E-state index in [-0.39, 0.29) is 5.91 Å². The summed E-state index contributed by atoms with van der Waals surface area (Å²) in [5, 5.41) is 0. The molecule has 2 aliphatic rings. The Morgan fingerprint density at radius 3 is 2.10 bits per heavy atom. The third kappa shape index (κ3) is 4.45. The van der Waals surface area contributed by atoms with Gasteiger partial charge in [0.05, 0.1) is 7.11 Å². The predicted octanol–water partition coefficient (Wildman–Crippen LogP) is 1.80. The molecule has 29 heavy (non-hydrogen) atoms. The number of hydrogen-bond acceptors (Lipinski definition) is 6. The Morgan fingerprint density at radius 2 is 1.48 bits per heavy atom. The molecule has 0 N–H and O–H groups in total. The van der Waals surface area contributed by atoms with E-state index in [1.807, 2.05) is 29.2 Å². The normalized spacial score (nSPS) is 18.1. The number of carbonyl (C=O) groups is 1. The van der Waals surface area contributed by atoms with Gasteiger partial charge in [0.2, 0.25) is 0 Å². The maximum Gasteiger partial charge on any atom is 0.272 e. The quantitative estimate of drug-likeness (QED) is 0.787. The smallest absolute Gasteiger partial charge is 0.272 e. The van der Waals surface area contributed by atoms with Crippen molar-refractivity contribution in [1.29, 1.82) is 0 Å². The third-order valence-corrected chi connectivity index (χ3v) is 5.84. The van der Waals surface area contributed by atoms with Crippen molar-refractivity contribution in [2.45, 2.75) is 0 Å². The lowest BCUT2D eigenvalue weighted by atomic mass is 10.2. The van der Waals surface area contributed by atoms with Crippen molar-refractivity contribution in [3.05, 3.63) is 48.3 Å². The number of anilines is 2. The van der Waals surface area contributed by atoms with E-state index in [2.05, 4.69) is 38.9 Å². The highest BCUT2D eigenvalue weighted by Gasteiger charge is 2.23. The van der Waals surface area contributed by atoms with Crippen LogP contribution in [0.25, 0.3) is 0 Å². The van der Waals surface area contributed by atoms with Crippen LogP contribution in [0.15, 0.2) is 42.6 Å². The van der Waals surface area contributed by atoms with Gasteiger partial charge in [-0.1, -0.05) is 0 Å². The summed E-state index contributed by atoms with van der Waals surface area (Å²) in [5.74, 6) is 0.915. The van der Waals surface area contributed by atoms with Gasteiger partial charge in [0, 0.05) is 69.9 Å². The molecule has 1 aromatic carbocycles. The topological polar surface area (TPSA) is 52.2 Å². The minimum absolute atomic E-state index is 0.0387. The molecule has 2 aliphatic heterocycles. The van der Waals surface area contributed by atoms with Gasteiger partial charge in [0.25, 0.3) is 5.91 Å². The summed E-state index contributed by atoms with van der Waals surface area (Å²) in [4.78, 5) is 26.1. The Kier molecular flexibility index (Phi) is 5.85. The average molecular weight is 396 g/mol. The molecular weight excluding hydrogens is 366 g/mol. The second-order valence-corrected chi connectivity index (χ2v) is 7.67. The van der Waals surface area contributed by atoms with E-state index in [0.717, 1.165) is 63.8 Å². The fourth-order valence-electron chi connectivity index (χ4n) is 3.92. The van der Waals surface area contributed by atoms with Crippen molar-refractivity contribution in [3.63, 3.8) is 0 Å². The molecule has 0 aliphatic carbocycles. The number of benzene rings is 1. The number of nitrogens with zero attached hydrogens (tertiary/aromatic N) is 5. The summed E-state index contributed by atoms with van der Waals surface area (Å²) >= 11 is 0. The van der Waals surface area contributed by atoms with E-state index in [9.17, 15) is 4.79 Å². The summed E-state index contributed by atoms with van der Waals surface area (Å²) < 4.78 is 5.24. The molecule has 0 unspecified atom stereocenters. The van der Waals surface area contributed by atoms with Crippen LogP contribution in [0.1, 0.15) is 10.5 Å². The molecule has 0 atom stereocenters. The van der Waals surface area contributed by atoms with Crippen molar-refractivity contribution in [1.82, 2.24) is 14.8 Å². The molecule has 2 saturated heterocycles.